The van der Waals surface area contributed by atoms with Gasteiger partial charge in [-0.1, -0.05) is 18.2 Å². The van der Waals surface area contributed by atoms with Crippen LogP contribution in [0.2, 0.25) is 0 Å². The minimum atomic E-state index is -0.318. The molecule has 0 unspecified atom stereocenters. The number of amides is 1. The van der Waals surface area contributed by atoms with Gasteiger partial charge in [-0.15, -0.1) is 0 Å². The first kappa shape index (κ1) is 13.7. The van der Waals surface area contributed by atoms with Gasteiger partial charge >= 0.3 is 0 Å². The average Bonchev–Trinajstić information content (AvgIpc) is 2.43. The number of anilines is 1. The molecule has 0 aliphatic carbocycles. The fourth-order valence-corrected chi connectivity index (χ4v) is 1.91. The maximum atomic E-state index is 12.3. The van der Waals surface area contributed by atoms with Crippen LogP contribution in [-0.2, 0) is 6.54 Å². The van der Waals surface area contributed by atoms with Gasteiger partial charge in [-0.3, -0.25) is 4.79 Å². The molecule has 2 aromatic carbocycles. The molecule has 5 heteroatoms. The van der Waals surface area contributed by atoms with E-state index in [9.17, 15) is 15.0 Å². The lowest BCUT2D eigenvalue weighted by atomic mass is 10.1. The number of nitrogens with two attached hydrogens (primary N) is 1. The third kappa shape index (κ3) is 2.83. The Kier molecular flexibility index (Phi) is 3.79. The van der Waals surface area contributed by atoms with Crippen LogP contribution < -0.4 is 5.73 Å². The first-order chi connectivity index (χ1) is 9.49. The van der Waals surface area contributed by atoms with E-state index in [0.29, 0.717) is 11.3 Å². The van der Waals surface area contributed by atoms with Crippen molar-refractivity contribution >= 4 is 11.6 Å². The molecule has 0 aliphatic heterocycles. The summed E-state index contributed by atoms with van der Waals surface area (Å²) in [6.45, 7) is 0.251. The van der Waals surface area contributed by atoms with Crippen LogP contribution in [0.5, 0.6) is 11.5 Å². The molecule has 0 bridgehead atoms. The van der Waals surface area contributed by atoms with Crippen molar-refractivity contribution in [2.24, 2.45) is 0 Å². The fourth-order valence-electron chi connectivity index (χ4n) is 1.91. The number of aromatic hydroxyl groups is 2. The zero-order valence-corrected chi connectivity index (χ0v) is 11.1. The van der Waals surface area contributed by atoms with Gasteiger partial charge in [-0.25, -0.2) is 0 Å². The van der Waals surface area contributed by atoms with Crippen LogP contribution in [0.15, 0.2) is 42.5 Å². The van der Waals surface area contributed by atoms with Crippen LogP contribution in [0.1, 0.15) is 15.9 Å². The monoisotopic (exact) mass is 272 g/mol. The molecular weight excluding hydrogens is 256 g/mol. The molecule has 0 heterocycles. The van der Waals surface area contributed by atoms with E-state index in [1.165, 1.54) is 23.1 Å². The molecule has 0 aromatic heterocycles. The number of nitrogens with zero attached hydrogens (tertiary/aromatic N) is 1. The summed E-state index contributed by atoms with van der Waals surface area (Å²) in [6.07, 6.45) is 0. The number of rotatable bonds is 3. The van der Waals surface area contributed by atoms with E-state index in [4.69, 9.17) is 5.73 Å². The van der Waals surface area contributed by atoms with Crippen LogP contribution in [0.4, 0.5) is 5.69 Å². The molecule has 1 amide bonds. The summed E-state index contributed by atoms with van der Waals surface area (Å²) < 4.78 is 0. The van der Waals surface area contributed by atoms with Crippen molar-refractivity contribution in [1.82, 2.24) is 4.90 Å². The maximum Gasteiger partial charge on any atom is 0.256 e. The molecule has 0 radical (unpaired) electrons. The summed E-state index contributed by atoms with van der Waals surface area (Å²) >= 11 is 0. The van der Waals surface area contributed by atoms with Gasteiger partial charge in [0.15, 0.2) is 0 Å². The number of hydrogen-bond acceptors (Lipinski definition) is 4. The first-order valence-corrected chi connectivity index (χ1v) is 6.10. The average molecular weight is 272 g/mol. The lowest BCUT2D eigenvalue weighted by Gasteiger charge is -2.19. The molecule has 0 saturated heterocycles. The van der Waals surface area contributed by atoms with Gasteiger partial charge < -0.3 is 20.8 Å². The molecule has 104 valence electrons. The Morgan fingerprint density at radius 2 is 1.90 bits per heavy atom. The second-order valence-corrected chi connectivity index (χ2v) is 4.56. The van der Waals surface area contributed by atoms with Crippen LogP contribution in [0.3, 0.4) is 0 Å². The van der Waals surface area contributed by atoms with Gasteiger partial charge in [0.05, 0.1) is 5.56 Å². The third-order valence-corrected chi connectivity index (χ3v) is 3.01. The van der Waals surface area contributed by atoms with E-state index in [-0.39, 0.29) is 29.5 Å². The molecule has 0 fully saturated rings. The third-order valence-electron chi connectivity index (χ3n) is 3.01. The zero-order chi connectivity index (χ0) is 14.7. The second kappa shape index (κ2) is 5.52. The Morgan fingerprint density at radius 3 is 2.60 bits per heavy atom. The Hall–Kier alpha value is -2.69. The van der Waals surface area contributed by atoms with Gasteiger partial charge in [0, 0.05) is 24.8 Å². The molecule has 5 nitrogen and oxygen atoms in total. The summed E-state index contributed by atoms with van der Waals surface area (Å²) in [7, 11) is 1.61. The van der Waals surface area contributed by atoms with Crippen molar-refractivity contribution in [3.8, 4) is 11.5 Å². The predicted octanol–water partition coefficient (Wildman–Crippen LogP) is 1.95. The normalized spacial score (nSPS) is 10.2. The van der Waals surface area contributed by atoms with E-state index in [2.05, 4.69) is 0 Å². The van der Waals surface area contributed by atoms with Crippen molar-refractivity contribution in [3.05, 3.63) is 53.6 Å². The Morgan fingerprint density at radius 1 is 1.20 bits per heavy atom. The second-order valence-electron chi connectivity index (χ2n) is 4.56. The van der Waals surface area contributed by atoms with Crippen LogP contribution in [-0.4, -0.2) is 28.1 Å². The van der Waals surface area contributed by atoms with E-state index in [0.717, 1.165) is 0 Å². The Labute approximate surface area is 116 Å². The standard InChI is InChI=1S/C15H16N2O3/c1-17(9-10-4-2-3-5-14(10)19)15(20)12-8-11(18)6-7-13(12)16/h2-8,18-19H,9,16H2,1H3. The van der Waals surface area contributed by atoms with E-state index < -0.39 is 0 Å². The van der Waals surface area contributed by atoms with Gasteiger partial charge in [0.1, 0.15) is 11.5 Å². The predicted molar refractivity (Wildman–Crippen MR) is 76.4 cm³/mol. The van der Waals surface area contributed by atoms with Crippen LogP contribution in [0.25, 0.3) is 0 Å². The lowest BCUT2D eigenvalue weighted by Crippen LogP contribution is -2.27. The van der Waals surface area contributed by atoms with Crippen molar-refractivity contribution < 1.29 is 15.0 Å². The van der Waals surface area contributed by atoms with Gasteiger partial charge in [0.2, 0.25) is 0 Å². The van der Waals surface area contributed by atoms with Crippen molar-refractivity contribution in [1.29, 1.82) is 0 Å². The number of phenolic OH excluding ortho intramolecular Hbond substituents is 2. The summed E-state index contributed by atoms with van der Waals surface area (Å²) in [5.41, 5.74) is 6.93. The lowest BCUT2D eigenvalue weighted by molar-refractivity contribution is 0.0785. The SMILES string of the molecule is CN(Cc1ccccc1O)C(=O)c1cc(O)ccc1N. The fraction of sp³-hybridized carbons (Fsp3) is 0.133. The minimum absolute atomic E-state index is 0.0153. The van der Waals surface area contributed by atoms with E-state index in [1.807, 2.05) is 0 Å². The molecule has 2 rings (SSSR count). The molecule has 0 spiro atoms. The maximum absolute atomic E-state index is 12.3. The minimum Gasteiger partial charge on any atom is -0.508 e. The highest BCUT2D eigenvalue weighted by Crippen LogP contribution is 2.22. The van der Waals surface area contributed by atoms with Gasteiger partial charge in [-0.05, 0) is 24.3 Å². The highest BCUT2D eigenvalue weighted by atomic mass is 16.3. The molecule has 0 aliphatic rings. The summed E-state index contributed by atoms with van der Waals surface area (Å²) in [6, 6.07) is 11.1. The number of nitrogen functional groups attached to an aromatic ring is 1. The first-order valence-electron chi connectivity index (χ1n) is 6.10. The molecule has 2 aromatic rings. The number of phenols is 2. The topological polar surface area (TPSA) is 86.8 Å². The van der Waals surface area contributed by atoms with E-state index >= 15 is 0 Å². The number of benzene rings is 2. The molecule has 4 N–H and O–H groups in total. The summed E-state index contributed by atoms with van der Waals surface area (Å²) in [5, 5.41) is 19.1. The van der Waals surface area contributed by atoms with Crippen LogP contribution >= 0.6 is 0 Å². The number of para-hydroxylation sites is 1. The van der Waals surface area contributed by atoms with Crippen molar-refractivity contribution in [2.45, 2.75) is 6.54 Å². The number of carbonyl (C=O) groups excluding carboxylic acids is 1. The number of carbonyl (C=O) groups is 1. The largest absolute Gasteiger partial charge is 0.508 e. The Bertz CT molecular complexity index is 641. The quantitative estimate of drug-likeness (QED) is 0.588. The molecule has 0 atom stereocenters. The summed E-state index contributed by atoms with van der Waals surface area (Å²) in [4.78, 5) is 13.7. The highest BCUT2D eigenvalue weighted by molar-refractivity contribution is 5.99. The Balaban J connectivity index is 2.21. The van der Waals surface area contributed by atoms with Gasteiger partial charge in [-0.2, -0.15) is 0 Å². The molecular formula is C15H16N2O3. The summed E-state index contributed by atoms with van der Waals surface area (Å²) in [5.74, 6) is -0.198. The molecule has 0 saturated carbocycles. The zero-order valence-electron chi connectivity index (χ0n) is 11.1. The van der Waals surface area contributed by atoms with Crippen LogP contribution in [0, 0.1) is 0 Å². The highest BCUT2D eigenvalue weighted by Gasteiger charge is 2.16. The van der Waals surface area contributed by atoms with Gasteiger partial charge in [0.25, 0.3) is 5.91 Å². The smallest absolute Gasteiger partial charge is 0.256 e. The molecule has 20 heavy (non-hydrogen) atoms. The van der Waals surface area contributed by atoms with Crippen molar-refractivity contribution in [3.63, 3.8) is 0 Å². The van der Waals surface area contributed by atoms with Crippen molar-refractivity contribution in [2.75, 3.05) is 12.8 Å². The number of hydrogen-bond donors (Lipinski definition) is 3. The van der Waals surface area contributed by atoms with E-state index in [1.54, 1.807) is 31.3 Å².